The van der Waals surface area contributed by atoms with Gasteiger partial charge in [-0.2, -0.15) is 0 Å². The number of nitrogens with zero attached hydrogens (tertiary/aromatic N) is 2. The van der Waals surface area contributed by atoms with Crippen LogP contribution in [-0.4, -0.2) is 52.6 Å². The Morgan fingerprint density at radius 2 is 1.91 bits per heavy atom. The molecule has 0 bridgehead atoms. The number of hydrogen-bond acceptors (Lipinski definition) is 3. The van der Waals surface area contributed by atoms with Crippen LogP contribution in [0.3, 0.4) is 0 Å². The van der Waals surface area contributed by atoms with Gasteiger partial charge in [0.15, 0.2) is 0 Å². The van der Waals surface area contributed by atoms with Crippen LogP contribution < -0.4 is 40.4 Å². The first-order valence-electron chi connectivity index (χ1n) is 6.95. The molecule has 1 unspecified atom stereocenters. The average molecular weight is 333 g/mol. The van der Waals surface area contributed by atoms with Crippen LogP contribution in [-0.2, 0) is 15.8 Å². The molecular weight excluding hydrogens is 314 g/mol. The van der Waals surface area contributed by atoms with Gasteiger partial charge in [-0.05, 0) is 24.1 Å². The van der Waals surface area contributed by atoms with Gasteiger partial charge in [0.2, 0.25) is 0 Å². The summed E-state index contributed by atoms with van der Waals surface area (Å²) in [7, 11) is -2.67. The van der Waals surface area contributed by atoms with Crippen LogP contribution in [0.4, 0.5) is 5.69 Å². The first-order chi connectivity index (χ1) is 9.99. The van der Waals surface area contributed by atoms with Crippen LogP contribution in [0.2, 0.25) is 0 Å². The van der Waals surface area contributed by atoms with Crippen molar-refractivity contribution in [3.8, 4) is 0 Å². The van der Waals surface area contributed by atoms with Crippen molar-refractivity contribution >= 4 is 19.3 Å². The smallest absolute Gasteiger partial charge is 0.480 e. The summed E-state index contributed by atoms with van der Waals surface area (Å²) in [4.78, 5) is 10.8. The van der Waals surface area contributed by atoms with Gasteiger partial charge in [0.1, 0.15) is 6.04 Å². The molecule has 1 aromatic rings. The molecule has 2 saturated heterocycles. The maximum atomic E-state index is 13.0. The van der Waals surface area contributed by atoms with Crippen molar-refractivity contribution in [2.45, 2.75) is 12.5 Å². The Balaban J connectivity index is 0.00000176. The van der Waals surface area contributed by atoms with Gasteiger partial charge in [0.05, 0.1) is 0 Å². The zero-order valence-electron chi connectivity index (χ0n) is 12.6. The quantitative estimate of drug-likeness (QED) is 0.296. The summed E-state index contributed by atoms with van der Waals surface area (Å²) >= 11 is 0. The molecule has 1 atom stereocenters. The zero-order valence-corrected chi connectivity index (χ0v) is 15.5. The van der Waals surface area contributed by atoms with Gasteiger partial charge in [0, 0.05) is 31.9 Å². The Bertz CT molecular complexity index is 591. The summed E-state index contributed by atoms with van der Waals surface area (Å²) in [6.45, 7) is 3.41. The van der Waals surface area contributed by atoms with E-state index in [1.165, 1.54) is 0 Å². The van der Waals surface area contributed by atoms with E-state index in [1.807, 2.05) is 33.6 Å². The number of nitrogens with two attached hydrogens (primary N) is 1. The average Bonchev–Trinajstić information content (AvgIpc) is 3.30. The summed E-state index contributed by atoms with van der Waals surface area (Å²) in [5, 5.41) is 12.0. The van der Waals surface area contributed by atoms with Crippen molar-refractivity contribution in [1.29, 1.82) is 0 Å². The van der Waals surface area contributed by atoms with Crippen LogP contribution in [0.1, 0.15) is 5.56 Å². The third-order valence-corrected chi connectivity index (χ3v) is 6.47. The molecule has 2 fully saturated rings. The third kappa shape index (κ3) is 4.11. The number of rotatable bonds is 7. The number of nitrogens with one attached hydrogen (secondary N) is 1. The number of carboxylic acid groups (broad SMARTS) is 1. The SMILES string of the molecule is NC(Cc1cccc(NP(=O)(N2CC2)N2CC2)c1)C(=O)O.[Na+]. The van der Waals surface area contributed by atoms with E-state index in [0.717, 1.165) is 37.4 Å². The normalized spacial score (nSPS) is 19.1. The molecular formula is C13H19N4NaO3P+. The number of anilines is 1. The molecule has 0 aliphatic carbocycles. The van der Waals surface area contributed by atoms with E-state index in [2.05, 4.69) is 5.09 Å². The van der Waals surface area contributed by atoms with Gasteiger partial charge in [-0.25, -0.2) is 9.34 Å². The Morgan fingerprint density at radius 1 is 1.32 bits per heavy atom. The molecule has 0 aromatic heterocycles. The summed E-state index contributed by atoms with van der Waals surface area (Å²) in [6, 6.07) is 6.39. The molecule has 2 heterocycles. The van der Waals surface area contributed by atoms with E-state index in [4.69, 9.17) is 10.8 Å². The molecule has 22 heavy (non-hydrogen) atoms. The maximum absolute atomic E-state index is 13.0. The Morgan fingerprint density at radius 3 is 2.41 bits per heavy atom. The predicted molar refractivity (Wildman–Crippen MR) is 80.1 cm³/mol. The topological polar surface area (TPSA) is 98.4 Å². The summed E-state index contributed by atoms with van der Waals surface area (Å²) < 4.78 is 16.9. The molecule has 114 valence electrons. The van der Waals surface area contributed by atoms with Crippen molar-refractivity contribution in [1.82, 2.24) is 9.34 Å². The van der Waals surface area contributed by atoms with E-state index in [0.29, 0.717) is 0 Å². The summed E-state index contributed by atoms with van der Waals surface area (Å²) in [5.74, 6) is -1.02. The number of carboxylic acids is 1. The number of benzene rings is 1. The molecule has 2 aliphatic rings. The predicted octanol–water partition coefficient (Wildman–Crippen LogP) is -2.20. The number of carbonyl (C=O) groups is 1. The molecule has 4 N–H and O–H groups in total. The summed E-state index contributed by atoms with van der Waals surface area (Å²) in [5.41, 5.74) is 7.11. The van der Waals surface area contributed by atoms with Gasteiger partial charge in [-0.1, -0.05) is 12.1 Å². The standard InChI is InChI=1S/C13H19N4O3P.Na/c14-12(13(18)19)9-10-2-1-3-11(8-10)15-21(20,16-4-5-16)17-6-7-17;/h1-3,8,12H,4-7,9,14H2,(H,15,20)(H,18,19);/q;+1. The molecule has 3 rings (SSSR count). The van der Waals surface area contributed by atoms with Crippen LogP contribution in [0.25, 0.3) is 0 Å². The summed E-state index contributed by atoms with van der Waals surface area (Å²) in [6.07, 6.45) is 0.253. The van der Waals surface area contributed by atoms with Crippen LogP contribution in [0.15, 0.2) is 24.3 Å². The largest absolute Gasteiger partial charge is 1.00 e. The van der Waals surface area contributed by atoms with Gasteiger partial charge in [-0.15, -0.1) is 0 Å². The van der Waals surface area contributed by atoms with Gasteiger partial charge in [0.25, 0.3) is 0 Å². The van der Waals surface area contributed by atoms with E-state index < -0.39 is 19.6 Å². The first kappa shape index (κ1) is 17.9. The molecule has 0 radical (unpaired) electrons. The van der Waals surface area contributed by atoms with Crippen molar-refractivity contribution in [3.63, 3.8) is 0 Å². The van der Waals surface area contributed by atoms with Crippen molar-refractivity contribution in [2.75, 3.05) is 31.3 Å². The fraction of sp³-hybridized carbons (Fsp3) is 0.462. The molecule has 0 amide bonds. The van der Waals surface area contributed by atoms with Crippen LogP contribution in [0, 0.1) is 0 Å². The molecule has 7 nitrogen and oxygen atoms in total. The minimum atomic E-state index is -2.67. The second-order valence-electron chi connectivity index (χ2n) is 5.41. The van der Waals surface area contributed by atoms with E-state index >= 15 is 0 Å². The second-order valence-corrected chi connectivity index (χ2v) is 7.86. The molecule has 0 spiro atoms. The Labute approximate surface area is 151 Å². The number of hydrogen-bond donors (Lipinski definition) is 3. The van der Waals surface area contributed by atoms with E-state index in [9.17, 15) is 9.36 Å². The minimum Gasteiger partial charge on any atom is -0.480 e. The first-order valence-corrected chi connectivity index (χ1v) is 8.57. The molecule has 2 aliphatic heterocycles. The third-order valence-electron chi connectivity index (χ3n) is 3.59. The second kappa shape index (κ2) is 7.01. The van der Waals surface area contributed by atoms with Gasteiger partial charge in [-0.3, -0.25) is 9.36 Å². The maximum Gasteiger partial charge on any atom is 1.00 e. The monoisotopic (exact) mass is 333 g/mol. The van der Waals surface area contributed by atoms with E-state index in [-0.39, 0.29) is 36.0 Å². The van der Waals surface area contributed by atoms with Crippen LogP contribution >= 0.6 is 7.59 Å². The van der Waals surface area contributed by atoms with Gasteiger partial charge >= 0.3 is 43.1 Å². The fourth-order valence-corrected chi connectivity index (χ4v) is 4.61. The Kier molecular flexibility index (Phi) is 5.72. The number of aliphatic carboxylic acids is 1. The van der Waals surface area contributed by atoms with E-state index in [1.54, 1.807) is 0 Å². The van der Waals surface area contributed by atoms with Gasteiger partial charge < -0.3 is 15.9 Å². The van der Waals surface area contributed by atoms with Crippen LogP contribution in [0.5, 0.6) is 0 Å². The van der Waals surface area contributed by atoms with Crippen molar-refractivity contribution in [2.24, 2.45) is 5.73 Å². The molecule has 9 heteroatoms. The molecule has 0 saturated carbocycles. The molecule has 1 aromatic carbocycles. The zero-order chi connectivity index (χ0) is 15.0. The Hall–Kier alpha value is -0.400. The fourth-order valence-electron chi connectivity index (χ4n) is 2.23. The van der Waals surface area contributed by atoms with Crippen molar-refractivity contribution in [3.05, 3.63) is 29.8 Å². The van der Waals surface area contributed by atoms with Crippen molar-refractivity contribution < 1.29 is 44.0 Å². The minimum absolute atomic E-state index is 0.